The van der Waals surface area contributed by atoms with E-state index in [1.807, 2.05) is 18.2 Å². The van der Waals surface area contributed by atoms with Gasteiger partial charge in [0, 0.05) is 22.2 Å². The van der Waals surface area contributed by atoms with Gasteiger partial charge in [-0.1, -0.05) is 29.8 Å². The van der Waals surface area contributed by atoms with Gasteiger partial charge in [-0.15, -0.1) is 0 Å². The highest BCUT2D eigenvalue weighted by atomic mass is 35.5. The van der Waals surface area contributed by atoms with Gasteiger partial charge in [0.2, 0.25) is 5.78 Å². The van der Waals surface area contributed by atoms with Crippen LogP contribution in [0.3, 0.4) is 0 Å². The molecular formula is C25H22ClN2O7P. The molecule has 1 saturated carbocycles. The lowest BCUT2D eigenvalue weighted by atomic mass is 10.0. The maximum atomic E-state index is 13.2. The molecule has 0 bridgehead atoms. The van der Waals surface area contributed by atoms with Crippen molar-refractivity contribution in [2.24, 2.45) is 5.73 Å². The van der Waals surface area contributed by atoms with Crippen molar-refractivity contribution in [1.29, 1.82) is 0 Å². The second-order valence-electron chi connectivity index (χ2n) is 8.73. The fourth-order valence-electron chi connectivity index (χ4n) is 4.23. The molecule has 186 valence electrons. The average molecular weight is 529 g/mol. The maximum Gasteiger partial charge on any atom is 0.471 e. The Hall–Kier alpha value is -3.20. The summed E-state index contributed by atoms with van der Waals surface area (Å²) in [4.78, 5) is 43.5. The molecule has 11 heteroatoms. The van der Waals surface area contributed by atoms with Crippen molar-refractivity contribution in [2.75, 3.05) is 6.61 Å². The van der Waals surface area contributed by atoms with Gasteiger partial charge in [0.25, 0.3) is 5.91 Å². The highest BCUT2D eigenvalue weighted by molar-refractivity contribution is 7.46. The molecule has 0 radical (unpaired) electrons. The van der Waals surface area contributed by atoms with E-state index in [9.17, 15) is 14.2 Å². The normalized spacial score (nSPS) is 13.9. The van der Waals surface area contributed by atoms with Gasteiger partial charge in [-0.2, -0.15) is 0 Å². The molecule has 9 nitrogen and oxygen atoms in total. The number of nitrogens with two attached hydrogens (primary N) is 1. The summed E-state index contributed by atoms with van der Waals surface area (Å²) >= 11 is 6.04. The number of rotatable bonds is 9. The van der Waals surface area contributed by atoms with Crippen LogP contribution < -0.4 is 10.5 Å². The zero-order chi connectivity index (χ0) is 25.6. The van der Waals surface area contributed by atoms with Crippen LogP contribution in [0.5, 0.6) is 5.75 Å². The quantitative estimate of drug-likeness (QED) is 0.210. The molecule has 0 spiro atoms. The molecule has 4 N–H and O–H groups in total. The number of ether oxygens (including phenoxy) is 1. The van der Waals surface area contributed by atoms with E-state index >= 15 is 0 Å². The Bertz CT molecular complexity index is 1570. The lowest BCUT2D eigenvalue weighted by Gasteiger charge is -2.11. The number of phosphoric acid groups is 1. The zero-order valence-electron chi connectivity index (χ0n) is 18.9. The number of fused-ring (bicyclic) bond motifs is 2. The van der Waals surface area contributed by atoms with Gasteiger partial charge >= 0.3 is 7.82 Å². The minimum absolute atomic E-state index is 0.115. The summed E-state index contributed by atoms with van der Waals surface area (Å²) in [5, 5.41) is 2.57. The first-order chi connectivity index (χ1) is 17.1. The Morgan fingerprint density at radius 3 is 2.53 bits per heavy atom. The van der Waals surface area contributed by atoms with Crippen molar-refractivity contribution >= 4 is 52.8 Å². The molecule has 1 fully saturated rings. The number of Topliss-reactive ketones (excluding diaryl/α,β-unsaturated/α-hetero) is 1. The van der Waals surface area contributed by atoms with Gasteiger partial charge in [0.05, 0.1) is 11.1 Å². The number of aromatic nitrogens is 1. The summed E-state index contributed by atoms with van der Waals surface area (Å²) in [7, 11) is -4.72. The van der Waals surface area contributed by atoms with Crippen LogP contribution in [0.1, 0.15) is 45.0 Å². The van der Waals surface area contributed by atoms with Crippen molar-refractivity contribution in [1.82, 2.24) is 4.57 Å². The van der Waals surface area contributed by atoms with E-state index in [1.165, 1.54) is 10.8 Å². The monoisotopic (exact) mass is 528 g/mol. The summed E-state index contributed by atoms with van der Waals surface area (Å²) in [5.74, 6) is -0.493. The van der Waals surface area contributed by atoms with Gasteiger partial charge in [0.15, 0.2) is 6.61 Å². The van der Waals surface area contributed by atoms with Crippen LogP contribution in [0.25, 0.3) is 21.7 Å². The molecule has 3 aromatic carbocycles. The van der Waals surface area contributed by atoms with Crippen molar-refractivity contribution in [3.63, 3.8) is 0 Å². The van der Waals surface area contributed by atoms with Crippen LogP contribution in [0.2, 0.25) is 5.02 Å². The van der Waals surface area contributed by atoms with Gasteiger partial charge in [-0.25, -0.2) is 4.57 Å². The van der Waals surface area contributed by atoms with Gasteiger partial charge < -0.3 is 24.8 Å². The van der Waals surface area contributed by atoms with E-state index < -0.39 is 20.5 Å². The molecule has 0 unspecified atom stereocenters. The number of phosphoric ester groups is 1. The summed E-state index contributed by atoms with van der Waals surface area (Å²) in [6, 6.07) is 14.0. The van der Waals surface area contributed by atoms with Crippen LogP contribution in [0, 0.1) is 0 Å². The van der Waals surface area contributed by atoms with Crippen molar-refractivity contribution in [3.05, 3.63) is 76.4 Å². The van der Waals surface area contributed by atoms with E-state index in [1.54, 1.807) is 30.3 Å². The molecule has 5 rings (SSSR count). The molecule has 1 heterocycles. The lowest BCUT2D eigenvalue weighted by molar-refractivity contribution is 0.0913. The lowest BCUT2D eigenvalue weighted by Crippen LogP contribution is -2.16. The van der Waals surface area contributed by atoms with E-state index in [0.29, 0.717) is 32.8 Å². The van der Waals surface area contributed by atoms with E-state index in [-0.39, 0.29) is 23.7 Å². The number of amides is 1. The SMILES string of the molecule is NC(=O)c1cc2cc(Cl)ccc2cc1OCC(=O)c1cn(COP(=O)(O)O)c2cc(C3CC3)ccc12. The van der Waals surface area contributed by atoms with Gasteiger partial charge in [0.1, 0.15) is 12.5 Å². The predicted octanol–water partition coefficient (Wildman–Crippen LogP) is 4.75. The Labute approximate surface area is 210 Å². The van der Waals surface area contributed by atoms with E-state index in [2.05, 4.69) is 4.52 Å². The standard InChI is InChI=1S/C25H22ClN2O7P/c26-18-5-3-16-10-24(20(25(27)30)8-17(16)7-18)34-12-23(29)21-11-28(13-35-36(31,32)33)22-9-15(14-1-2-14)4-6-19(21)22/h3-11,14H,1-2,12-13H2,(H2,27,30)(H2,31,32,33). The Kier molecular flexibility index (Phi) is 6.36. The molecule has 0 aliphatic heterocycles. The number of hydrogen-bond donors (Lipinski definition) is 3. The Balaban J connectivity index is 1.45. The third kappa shape index (κ3) is 5.16. The second-order valence-corrected chi connectivity index (χ2v) is 10.4. The topological polar surface area (TPSA) is 141 Å². The largest absolute Gasteiger partial charge is 0.485 e. The number of carbonyl (C=O) groups is 2. The summed E-state index contributed by atoms with van der Waals surface area (Å²) in [6.45, 7) is -0.815. The second kappa shape index (κ2) is 9.35. The first kappa shape index (κ1) is 24.5. The van der Waals surface area contributed by atoms with E-state index in [0.717, 1.165) is 23.8 Å². The molecule has 1 amide bonds. The highest BCUT2D eigenvalue weighted by Crippen LogP contribution is 2.42. The predicted molar refractivity (Wildman–Crippen MR) is 134 cm³/mol. The number of hydrogen-bond acceptors (Lipinski definition) is 5. The average Bonchev–Trinajstić information content (AvgIpc) is 3.61. The fraction of sp³-hybridized carbons (Fsp3) is 0.200. The van der Waals surface area contributed by atoms with Crippen LogP contribution in [0.4, 0.5) is 0 Å². The highest BCUT2D eigenvalue weighted by Gasteiger charge is 2.26. The molecule has 0 atom stereocenters. The summed E-state index contributed by atoms with van der Waals surface area (Å²) < 4.78 is 23.2. The molecule has 0 saturated heterocycles. The van der Waals surface area contributed by atoms with Crippen LogP contribution in [-0.4, -0.2) is 32.7 Å². The number of carbonyl (C=O) groups excluding carboxylic acids is 2. The molecule has 36 heavy (non-hydrogen) atoms. The Morgan fingerprint density at radius 1 is 1.06 bits per heavy atom. The molecule has 4 aromatic rings. The van der Waals surface area contributed by atoms with E-state index in [4.69, 9.17) is 31.9 Å². The molecule has 1 aromatic heterocycles. The van der Waals surface area contributed by atoms with Crippen LogP contribution in [0.15, 0.2) is 54.7 Å². The smallest absolute Gasteiger partial charge is 0.471 e. The zero-order valence-corrected chi connectivity index (χ0v) is 20.5. The number of nitrogens with zero attached hydrogens (tertiary/aromatic N) is 1. The van der Waals surface area contributed by atoms with Crippen LogP contribution in [-0.2, 0) is 15.8 Å². The first-order valence-corrected chi connectivity index (χ1v) is 13.0. The third-order valence-corrected chi connectivity index (χ3v) is 6.83. The number of benzene rings is 3. The summed E-state index contributed by atoms with van der Waals surface area (Å²) in [6.07, 6.45) is 3.63. The Morgan fingerprint density at radius 2 is 1.83 bits per heavy atom. The van der Waals surface area contributed by atoms with Crippen LogP contribution >= 0.6 is 19.4 Å². The maximum absolute atomic E-state index is 13.2. The summed E-state index contributed by atoms with van der Waals surface area (Å²) in [5.41, 5.74) is 7.66. The van der Waals surface area contributed by atoms with Gasteiger partial charge in [-0.05, 0) is 65.4 Å². The van der Waals surface area contributed by atoms with Crippen molar-refractivity contribution < 1.29 is 33.2 Å². The first-order valence-electron chi connectivity index (χ1n) is 11.1. The number of ketones is 1. The molecular weight excluding hydrogens is 507 g/mol. The van der Waals surface area contributed by atoms with Crippen molar-refractivity contribution in [3.8, 4) is 5.75 Å². The molecule has 1 aliphatic carbocycles. The minimum Gasteiger partial charge on any atom is -0.485 e. The number of halogens is 1. The molecule has 1 aliphatic rings. The van der Waals surface area contributed by atoms with Gasteiger partial charge in [-0.3, -0.25) is 14.1 Å². The number of primary amides is 1. The minimum atomic E-state index is -4.72. The van der Waals surface area contributed by atoms with Crippen molar-refractivity contribution in [2.45, 2.75) is 25.5 Å². The fourth-order valence-corrected chi connectivity index (χ4v) is 4.68. The third-order valence-electron chi connectivity index (χ3n) is 6.15.